The summed E-state index contributed by atoms with van der Waals surface area (Å²) in [5.41, 5.74) is 1.14. The first-order chi connectivity index (χ1) is 12.2. The maximum Gasteiger partial charge on any atom is 0.317 e. The molecule has 1 fully saturated rings. The van der Waals surface area contributed by atoms with E-state index in [4.69, 9.17) is 20.9 Å². The van der Waals surface area contributed by atoms with Gasteiger partial charge in [-0.05, 0) is 30.5 Å². The van der Waals surface area contributed by atoms with Gasteiger partial charge in [-0.15, -0.1) is 0 Å². The Labute approximate surface area is 149 Å². The Morgan fingerprint density at radius 2 is 1.84 bits per heavy atom. The van der Waals surface area contributed by atoms with Gasteiger partial charge < -0.3 is 9.26 Å². The quantitative estimate of drug-likeness (QED) is 0.643. The maximum atomic E-state index is 12.5. The molecule has 2 aromatic carbocycles. The molecule has 1 saturated carbocycles. The highest BCUT2D eigenvalue weighted by molar-refractivity contribution is 6.33. The van der Waals surface area contributed by atoms with E-state index in [1.165, 1.54) is 0 Å². The lowest BCUT2D eigenvalue weighted by Crippen LogP contribution is -2.23. The molecule has 0 atom stereocenters. The van der Waals surface area contributed by atoms with Gasteiger partial charge in [-0.25, -0.2) is 0 Å². The fraction of sp³-hybridized carbons (Fsp3) is 0.211. The van der Waals surface area contributed by atoms with Crippen molar-refractivity contribution >= 4 is 17.6 Å². The van der Waals surface area contributed by atoms with E-state index in [1.807, 2.05) is 42.5 Å². The second-order valence-electron chi connectivity index (χ2n) is 6.02. The number of hydrogen-bond acceptors (Lipinski definition) is 5. The second-order valence-corrected chi connectivity index (χ2v) is 6.42. The average molecular weight is 355 g/mol. The molecule has 0 amide bonds. The Kier molecular flexibility index (Phi) is 4.01. The summed E-state index contributed by atoms with van der Waals surface area (Å²) in [5.74, 6) is 0.365. The molecule has 0 aliphatic heterocycles. The van der Waals surface area contributed by atoms with Crippen LogP contribution in [0.1, 0.15) is 24.3 Å². The zero-order chi connectivity index (χ0) is 17.3. The van der Waals surface area contributed by atoms with Gasteiger partial charge in [0.25, 0.3) is 5.89 Å². The van der Waals surface area contributed by atoms with Gasteiger partial charge in [0, 0.05) is 5.56 Å². The summed E-state index contributed by atoms with van der Waals surface area (Å²) in [7, 11) is 0. The Balaban J connectivity index is 1.44. The van der Waals surface area contributed by atoms with Crippen molar-refractivity contribution < 1.29 is 14.1 Å². The van der Waals surface area contributed by atoms with Gasteiger partial charge in [0.15, 0.2) is 6.61 Å². The molecule has 0 radical (unpaired) electrons. The van der Waals surface area contributed by atoms with Gasteiger partial charge in [0.2, 0.25) is 5.82 Å². The summed E-state index contributed by atoms with van der Waals surface area (Å²) in [6.45, 7) is -0.0507. The molecule has 1 aliphatic carbocycles. The van der Waals surface area contributed by atoms with Crippen LogP contribution in [-0.2, 0) is 21.6 Å². The molecule has 0 unspecified atom stereocenters. The Morgan fingerprint density at radius 1 is 1.12 bits per heavy atom. The van der Waals surface area contributed by atoms with Crippen molar-refractivity contribution in [3.8, 4) is 11.4 Å². The molecule has 0 bridgehead atoms. The average Bonchev–Trinajstić information content (AvgIpc) is 3.33. The minimum atomic E-state index is -0.521. The largest absolute Gasteiger partial charge is 0.455 e. The summed E-state index contributed by atoms with van der Waals surface area (Å²) in [4.78, 5) is 16.7. The Bertz CT molecular complexity index is 904. The van der Waals surface area contributed by atoms with Gasteiger partial charge in [0.1, 0.15) is 0 Å². The highest BCUT2D eigenvalue weighted by Gasteiger charge is 2.52. The summed E-state index contributed by atoms with van der Waals surface area (Å²) in [6.07, 6.45) is 1.59. The molecule has 1 heterocycles. The van der Waals surface area contributed by atoms with Crippen LogP contribution >= 0.6 is 11.6 Å². The number of hydrogen-bond donors (Lipinski definition) is 0. The molecule has 4 rings (SSSR count). The standard InChI is InChI=1S/C19H15ClN2O3/c20-15-9-5-4-8-14(15)17-21-16(25-22-17)12-24-18(23)19(10-11-19)13-6-2-1-3-7-13/h1-9H,10-12H2. The van der Waals surface area contributed by atoms with Crippen LogP contribution in [0.25, 0.3) is 11.4 Å². The normalized spacial score (nSPS) is 14.9. The molecule has 0 spiro atoms. The van der Waals surface area contributed by atoms with Crippen molar-refractivity contribution in [1.29, 1.82) is 0 Å². The number of carbonyl (C=O) groups is 1. The smallest absolute Gasteiger partial charge is 0.317 e. The minimum Gasteiger partial charge on any atom is -0.455 e. The third kappa shape index (κ3) is 3.03. The van der Waals surface area contributed by atoms with E-state index in [9.17, 15) is 4.79 Å². The van der Waals surface area contributed by atoms with Crippen LogP contribution in [0.5, 0.6) is 0 Å². The summed E-state index contributed by atoms with van der Waals surface area (Å²) >= 11 is 6.12. The zero-order valence-corrected chi connectivity index (χ0v) is 14.1. The van der Waals surface area contributed by atoms with Gasteiger partial charge in [-0.3, -0.25) is 4.79 Å². The number of esters is 1. The van der Waals surface area contributed by atoms with Crippen LogP contribution in [0.4, 0.5) is 0 Å². The minimum absolute atomic E-state index is 0.0507. The summed E-state index contributed by atoms with van der Waals surface area (Å²) in [5, 5.41) is 4.43. The van der Waals surface area contributed by atoms with Gasteiger partial charge >= 0.3 is 5.97 Å². The zero-order valence-electron chi connectivity index (χ0n) is 13.3. The number of rotatable bonds is 5. The topological polar surface area (TPSA) is 65.2 Å². The highest BCUT2D eigenvalue weighted by Crippen LogP contribution is 2.49. The first-order valence-corrected chi connectivity index (χ1v) is 8.37. The van der Waals surface area contributed by atoms with Gasteiger partial charge in [-0.2, -0.15) is 4.98 Å². The number of benzene rings is 2. The monoisotopic (exact) mass is 354 g/mol. The fourth-order valence-corrected chi connectivity index (χ4v) is 3.04. The van der Waals surface area contributed by atoms with E-state index >= 15 is 0 Å². The van der Waals surface area contributed by atoms with Crippen LogP contribution in [-0.4, -0.2) is 16.1 Å². The van der Waals surface area contributed by atoms with Crippen LogP contribution in [0.2, 0.25) is 5.02 Å². The SMILES string of the molecule is O=C(OCc1nc(-c2ccccc2Cl)no1)C1(c2ccccc2)CC1. The van der Waals surface area contributed by atoms with Crippen molar-refractivity contribution in [2.75, 3.05) is 0 Å². The van der Waals surface area contributed by atoms with Crippen molar-refractivity contribution in [2.24, 2.45) is 0 Å². The number of carbonyl (C=O) groups excluding carboxylic acids is 1. The second kappa shape index (κ2) is 6.33. The number of halogens is 1. The van der Waals surface area contributed by atoms with Crippen molar-refractivity contribution in [1.82, 2.24) is 10.1 Å². The fourth-order valence-electron chi connectivity index (χ4n) is 2.82. The molecule has 1 aromatic heterocycles. The number of nitrogens with zero attached hydrogens (tertiary/aromatic N) is 2. The van der Waals surface area contributed by atoms with E-state index in [1.54, 1.807) is 12.1 Å². The predicted molar refractivity (Wildman–Crippen MR) is 91.9 cm³/mol. The molecule has 6 heteroatoms. The molecule has 0 N–H and O–H groups in total. The third-order valence-corrected chi connectivity index (χ3v) is 4.71. The van der Waals surface area contributed by atoms with E-state index < -0.39 is 5.41 Å². The van der Waals surface area contributed by atoms with E-state index in [-0.39, 0.29) is 18.5 Å². The number of ether oxygens (including phenoxy) is 1. The lowest BCUT2D eigenvalue weighted by molar-refractivity contribution is -0.148. The summed E-state index contributed by atoms with van der Waals surface area (Å²) in [6, 6.07) is 16.9. The van der Waals surface area contributed by atoms with Crippen LogP contribution in [0.15, 0.2) is 59.1 Å². The van der Waals surface area contributed by atoms with Gasteiger partial charge in [-0.1, -0.05) is 59.2 Å². The molecule has 1 aliphatic rings. The highest BCUT2D eigenvalue weighted by atomic mass is 35.5. The summed E-state index contributed by atoms with van der Waals surface area (Å²) < 4.78 is 10.6. The molecule has 3 aromatic rings. The molecule has 5 nitrogen and oxygen atoms in total. The molecule has 0 saturated heterocycles. The predicted octanol–water partition coefficient (Wildman–Crippen LogP) is 4.17. The molecule has 126 valence electrons. The van der Waals surface area contributed by atoms with Crippen molar-refractivity contribution in [2.45, 2.75) is 24.9 Å². The number of aromatic nitrogens is 2. The van der Waals surface area contributed by atoms with Crippen LogP contribution < -0.4 is 0 Å². The lowest BCUT2D eigenvalue weighted by Gasteiger charge is -2.13. The molecule has 25 heavy (non-hydrogen) atoms. The van der Waals surface area contributed by atoms with Crippen molar-refractivity contribution in [3.63, 3.8) is 0 Å². The van der Waals surface area contributed by atoms with E-state index in [0.717, 1.165) is 18.4 Å². The third-order valence-electron chi connectivity index (χ3n) is 4.38. The Hall–Kier alpha value is -2.66. The first-order valence-electron chi connectivity index (χ1n) is 7.99. The van der Waals surface area contributed by atoms with Crippen LogP contribution in [0.3, 0.4) is 0 Å². The first kappa shape index (κ1) is 15.8. The van der Waals surface area contributed by atoms with Gasteiger partial charge in [0.05, 0.1) is 10.4 Å². The van der Waals surface area contributed by atoms with E-state index in [2.05, 4.69) is 10.1 Å². The van der Waals surface area contributed by atoms with Crippen LogP contribution in [0, 0.1) is 0 Å². The Morgan fingerprint density at radius 3 is 2.56 bits per heavy atom. The lowest BCUT2D eigenvalue weighted by atomic mass is 9.96. The van der Waals surface area contributed by atoms with E-state index in [0.29, 0.717) is 16.4 Å². The maximum absolute atomic E-state index is 12.5. The molecular formula is C19H15ClN2O3. The van der Waals surface area contributed by atoms with Crippen molar-refractivity contribution in [3.05, 3.63) is 71.1 Å². The molecular weight excluding hydrogens is 340 g/mol.